The molecule has 0 saturated carbocycles. The summed E-state index contributed by atoms with van der Waals surface area (Å²) in [7, 11) is -0.754. The van der Waals surface area contributed by atoms with Gasteiger partial charge in [0.1, 0.15) is 0 Å². The lowest BCUT2D eigenvalue weighted by Crippen LogP contribution is -2.29. The van der Waals surface area contributed by atoms with Crippen LogP contribution in [0.4, 0.5) is 0 Å². The average Bonchev–Trinajstić information content (AvgIpc) is 2.60. The Labute approximate surface area is 97.8 Å². The zero-order valence-electron chi connectivity index (χ0n) is 9.61. The van der Waals surface area contributed by atoms with E-state index in [1.165, 1.54) is 4.88 Å². The Balaban J connectivity index is 2.47. The van der Waals surface area contributed by atoms with E-state index in [4.69, 9.17) is 0 Å². The van der Waals surface area contributed by atoms with E-state index >= 15 is 0 Å². The van der Waals surface area contributed by atoms with Gasteiger partial charge in [-0.25, -0.2) is 4.98 Å². The molecule has 15 heavy (non-hydrogen) atoms. The number of aryl methyl sites for hydroxylation is 1. The molecule has 0 aromatic carbocycles. The zero-order valence-corrected chi connectivity index (χ0v) is 11.2. The lowest BCUT2D eigenvalue weighted by Gasteiger charge is -2.15. The van der Waals surface area contributed by atoms with Gasteiger partial charge in [-0.2, -0.15) is 0 Å². The van der Waals surface area contributed by atoms with E-state index in [0.717, 1.165) is 12.2 Å². The molecule has 3 nitrogen and oxygen atoms in total. The maximum Gasteiger partial charge on any atom is 0.0798 e. The normalized spacial score (nSPS) is 17.3. The summed E-state index contributed by atoms with van der Waals surface area (Å²) < 4.78 is 11.2. The van der Waals surface area contributed by atoms with Gasteiger partial charge in [0.25, 0.3) is 0 Å². The second kappa shape index (κ2) is 5.72. The van der Waals surface area contributed by atoms with Gasteiger partial charge in [0, 0.05) is 39.8 Å². The Morgan fingerprint density at radius 1 is 1.60 bits per heavy atom. The Hall–Kier alpha value is -0.260. The molecule has 0 aliphatic carbocycles. The van der Waals surface area contributed by atoms with Gasteiger partial charge in [0.15, 0.2) is 0 Å². The van der Waals surface area contributed by atoms with Gasteiger partial charge >= 0.3 is 0 Å². The molecular formula is C10H18N2OS2. The summed E-state index contributed by atoms with van der Waals surface area (Å²) in [5, 5.41) is 3.58. The van der Waals surface area contributed by atoms with E-state index in [2.05, 4.69) is 17.2 Å². The quantitative estimate of drug-likeness (QED) is 0.862. The summed E-state index contributed by atoms with van der Waals surface area (Å²) >= 11 is 1.67. The molecule has 0 bridgehead atoms. The van der Waals surface area contributed by atoms with Crippen LogP contribution < -0.4 is 5.32 Å². The van der Waals surface area contributed by atoms with Gasteiger partial charge in [0.05, 0.1) is 11.2 Å². The lowest BCUT2D eigenvalue weighted by molar-refractivity contribution is 0.573. The summed E-state index contributed by atoms with van der Waals surface area (Å²) in [5.74, 6) is 0. The van der Waals surface area contributed by atoms with Crippen LogP contribution in [0.15, 0.2) is 5.51 Å². The van der Waals surface area contributed by atoms with Crippen LogP contribution in [0, 0.1) is 6.92 Å². The van der Waals surface area contributed by atoms with Crippen molar-refractivity contribution in [2.75, 3.05) is 12.8 Å². The average molecular weight is 246 g/mol. The third kappa shape index (κ3) is 3.66. The van der Waals surface area contributed by atoms with Crippen LogP contribution in [0.1, 0.15) is 30.5 Å². The highest BCUT2D eigenvalue weighted by Gasteiger charge is 2.12. The van der Waals surface area contributed by atoms with E-state index in [0.29, 0.717) is 6.04 Å². The standard InChI is InChI=1S/C10H18N2OS2/c1-7(15(4)13)5-11-8(2)10-9(3)12-6-14-10/h6-8,11H,5H2,1-4H3. The Kier molecular flexibility index (Phi) is 4.89. The summed E-state index contributed by atoms with van der Waals surface area (Å²) in [6, 6.07) is 0.295. The molecule has 5 heteroatoms. The molecule has 1 N–H and O–H groups in total. The fourth-order valence-electron chi connectivity index (χ4n) is 1.28. The van der Waals surface area contributed by atoms with Crippen molar-refractivity contribution in [2.45, 2.75) is 32.1 Å². The van der Waals surface area contributed by atoms with Gasteiger partial charge in [-0.3, -0.25) is 4.21 Å². The van der Waals surface area contributed by atoms with Crippen LogP contribution in [-0.2, 0) is 10.8 Å². The maximum atomic E-state index is 11.2. The van der Waals surface area contributed by atoms with Crippen LogP contribution in [0.3, 0.4) is 0 Å². The molecule has 0 aliphatic rings. The van der Waals surface area contributed by atoms with Crippen molar-refractivity contribution in [3.63, 3.8) is 0 Å². The lowest BCUT2D eigenvalue weighted by atomic mass is 10.2. The molecule has 1 aromatic heterocycles. The number of nitrogens with one attached hydrogen (secondary N) is 1. The van der Waals surface area contributed by atoms with E-state index < -0.39 is 10.8 Å². The molecule has 1 heterocycles. The first kappa shape index (κ1) is 12.8. The van der Waals surface area contributed by atoms with Crippen LogP contribution in [0.2, 0.25) is 0 Å². The molecule has 1 aromatic rings. The maximum absolute atomic E-state index is 11.2. The number of nitrogens with zero attached hydrogens (tertiary/aromatic N) is 1. The molecule has 0 spiro atoms. The van der Waals surface area contributed by atoms with Gasteiger partial charge < -0.3 is 5.32 Å². The van der Waals surface area contributed by atoms with Crippen LogP contribution >= 0.6 is 11.3 Å². The van der Waals surface area contributed by atoms with Crippen molar-refractivity contribution < 1.29 is 4.21 Å². The van der Waals surface area contributed by atoms with E-state index in [9.17, 15) is 4.21 Å². The number of hydrogen-bond acceptors (Lipinski definition) is 4. The number of rotatable bonds is 5. The molecule has 0 saturated heterocycles. The topological polar surface area (TPSA) is 42.0 Å². The minimum Gasteiger partial charge on any atom is -0.308 e. The fraction of sp³-hybridized carbons (Fsp3) is 0.700. The van der Waals surface area contributed by atoms with Crippen molar-refractivity contribution >= 4 is 22.1 Å². The smallest absolute Gasteiger partial charge is 0.0798 e. The zero-order chi connectivity index (χ0) is 11.4. The first-order valence-electron chi connectivity index (χ1n) is 4.98. The van der Waals surface area contributed by atoms with Gasteiger partial charge in [-0.1, -0.05) is 0 Å². The van der Waals surface area contributed by atoms with Crippen molar-refractivity contribution in [3.05, 3.63) is 16.1 Å². The third-order valence-corrected chi connectivity index (χ3v) is 4.87. The third-order valence-electron chi connectivity index (χ3n) is 2.45. The summed E-state index contributed by atoms with van der Waals surface area (Å²) in [6.45, 7) is 6.91. The van der Waals surface area contributed by atoms with E-state index in [-0.39, 0.29) is 5.25 Å². The van der Waals surface area contributed by atoms with Crippen LogP contribution in [-0.4, -0.2) is 27.2 Å². The van der Waals surface area contributed by atoms with Crippen LogP contribution in [0.5, 0.6) is 0 Å². The molecule has 86 valence electrons. The Bertz CT molecular complexity index is 338. The van der Waals surface area contributed by atoms with Crippen LogP contribution in [0.25, 0.3) is 0 Å². The number of hydrogen-bond donors (Lipinski definition) is 1. The largest absolute Gasteiger partial charge is 0.308 e. The summed E-state index contributed by atoms with van der Waals surface area (Å²) in [4.78, 5) is 5.49. The monoisotopic (exact) mass is 246 g/mol. The van der Waals surface area contributed by atoms with E-state index in [1.54, 1.807) is 17.6 Å². The van der Waals surface area contributed by atoms with Gasteiger partial charge in [0.2, 0.25) is 0 Å². The molecule has 3 atom stereocenters. The fourth-order valence-corrected chi connectivity index (χ4v) is 2.45. The molecule has 1 rings (SSSR count). The number of aromatic nitrogens is 1. The predicted octanol–water partition coefficient (Wildman–Crippen LogP) is 1.87. The summed E-state index contributed by atoms with van der Waals surface area (Å²) in [5.41, 5.74) is 2.95. The van der Waals surface area contributed by atoms with Crippen molar-refractivity contribution in [2.24, 2.45) is 0 Å². The number of thiazole rings is 1. The van der Waals surface area contributed by atoms with Crippen molar-refractivity contribution in [1.82, 2.24) is 10.3 Å². The minimum absolute atomic E-state index is 0.195. The molecular weight excluding hydrogens is 228 g/mol. The highest BCUT2D eigenvalue weighted by molar-refractivity contribution is 7.84. The van der Waals surface area contributed by atoms with E-state index in [1.807, 2.05) is 19.4 Å². The Morgan fingerprint density at radius 2 is 2.27 bits per heavy atom. The van der Waals surface area contributed by atoms with Gasteiger partial charge in [-0.05, 0) is 20.8 Å². The van der Waals surface area contributed by atoms with Crippen molar-refractivity contribution in [3.8, 4) is 0 Å². The molecule has 0 aliphatic heterocycles. The highest BCUT2D eigenvalue weighted by atomic mass is 32.2. The summed E-state index contributed by atoms with van der Waals surface area (Å²) in [6.07, 6.45) is 1.75. The second-order valence-electron chi connectivity index (χ2n) is 3.74. The second-order valence-corrected chi connectivity index (χ2v) is 6.43. The predicted molar refractivity (Wildman–Crippen MR) is 66.8 cm³/mol. The first-order valence-corrected chi connectivity index (χ1v) is 7.48. The SMILES string of the molecule is Cc1ncsc1C(C)NCC(C)S(C)=O. The van der Waals surface area contributed by atoms with Crippen molar-refractivity contribution in [1.29, 1.82) is 0 Å². The minimum atomic E-state index is -0.754. The first-order chi connectivity index (χ1) is 7.02. The van der Waals surface area contributed by atoms with Gasteiger partial charge in [-0.15, -0.1) is 11.3 Å². The molecule has 0 amide bonds. The molecule has 3 unspecified atom stereocenters. The molecule has 0 radical (unpaired) electrons. The highest BCUT2D eigenvalue weighted by Crippen LogP contribution is 2.20. The molecule has 0 fully saturated rings. The Morgan fingerprint density at radius 3 is 2.73 bits per heavy atom.